The second-order valence-corrected chi connectivity index (χ2v) is 5.82. The number of unbranched alkanes of at least 4 members (excludes halogenated alkanes) is 3. The topological polar surface area (TPSA) is 96.3 Å². The van der Waals surface area contributed by atoms with Crippen LogP contribution in [-0.2, 0) is 6.54 Å². The van der Waals surface area contributed by atoms with Gasteiger partial charge in [0.05, 0.1) is 6.54 Å². The molecule has 2 aromatic rings. The lowest BCUT2D eigenvalue weighted by atomic mass is 10.2. The number of carboxylic acid groups (broad SMARTS) is 1. The van der Waals surface area contributed by atoms with Gasteiger partial charge in [-0.15, -0.1) is 0 Å². The molecule has 134 valence electrons. The van der Waals surface area contributed by atoms with E-state index >= 15 is 0 Å². The molecule has 0 radical (unpaired) electrons. The summed E-state index contributed by atoms with van der Waals surface area (Å²) in [6.45, 7) is 3.11. The molecule has 7 heteroatoms. The molecule has 1 aromatic heterocycles. The van der Waals surface area contributed by atoms with Crippen LogP contribution in [-0.4, -0.2) is 33.4 Å². The van der Waals surface area contributed by atoms with Crippen molar-refractivity contribution in [3.05, 3.63) is 47.7 Å². The lowest BCUT2D eigenvalue weighted by molar-refractivity contribution is 0.0698. The molecule has 1 heterocycles. The number of urea groups is 1. The van der Waals surface area contributed by atoms with E-state index in [4.69, 9.17) is 0 Å². The fourth-order valence-electron chi connectivity index (χ4n) is 2.43. The van der Waals surface area contributed by atoms with Crippen molar-refractivity contribution in [2.75, 3.05) is 11.9 Å². The lowest BCUT2D eigenvalue weighted by Crippen LogP contribution is -2.30. The van der Waals surface area contributed by atoms with Gasteiger partial charge in [-0.05, 0) is 12.0 Å². The maximum atomic E-state index is 11.9. The summed E-state index contributed by atoms with van der Waals surface area (Å²) < 4.78 is 1.51. The molecule has 0 aliphatic carbocycles. The van der Waals surface area contributed by atoms with Gasteiger partial charge in [-0.25, -0.2) is 9.59 Å². The lowest BCUT2D eigenvalue weighted by Gasteiger charge is -2.06. The number of benzene rings is 1. The monoisotopic (exact) mass is 344 g/mol. The van der Waals surface area contributed by atoms with Crippen LogP contribution in [0.2, 0.25) is 0 Å². The van der Waals surface area contributed by atoms with Crippen LogP contribution in [0.15, 0.2) is 36.5 Å². The van der Waals surface area contributed by atoms with Crippen LogP contribution in [0.5, 0.6) is 0 Å². The van der Waals surface area contributed by atoms with Gasteiger partial charge in [-0.2, -0.15) is 5.10 Å². The van der Waals surface area contributed by atoms with Crippen LogP contribution in [0, 0.1) is 0 Å². The van der Waals surface area contributed by atoms with E-state index in [0.29, 0.717) is 13.1 Å². The van der Waals surface area contributed by atoms with E-state index in [2.05, 4.69) is 22.7 Å². The number of nitrogens with one attached hydrogen (secondary N) is 2. The molecule has 7 nitrogen and oxygen atoms in total. The Bertz CT molecular complexity index is 698. The molecule has 0 unspecified atom stereocenters. The first kappa shape index (κ1) is 18.5. The molecule has 3 N–H and O–H groups in total. The van der Waals surface area contributed by atoms with Crippen LogP contribution in [0.4, 0.5) is 10.6 Å². The van der Waals surface area contributed by atoms with Crippen molar-refractivity contribution in [2.45, 2.75) is 39.2 Å². The Morgan fingerprint density at radius 1 is 1.16 bits per heavy atom. The first-order chi connectivity index (χ1) is 12.1. The number of anilines is 1. The summed E-state index contributed by atoms with van der Waals surface area (Å²) in [6, 6.07) is 9.14. The van der Waals surface area contributed by atoms with Crippen molar-refractivity contribution in [3.63, 3.8) is 0 Å². The largest absolute Gasteiger partial charge is 0.477 e. The predicted octanol–water partition coefficient (Wildman–Crippen LogP) is 3.33. The Hall–Kier alpha value is -2.83. The van der Waals surface area contributed by atoms with Gasteiger partial charge in [0.2, 0.25) is 0 Å². The summed E-state index contributed by atoms with van der Waals surface area (Å²) >= 11 is 0. The minimum Gasteiger partial charge on any atom is -0.477 e. The van der Waals surface area contributed by atoms with Gasteiger partial charge in [0.1, 0.15) is 5.56 Å². The number of carbonyl (C=O) groups excluding carboxylic acids is 1. The number of aromatic carboxylic acids is 1. The number of hydrogen-bond acceptors (Lipinski definition) is 3. The summed E-state index contributed by atoms with van der Waals surface area (Å²) in [4.78, 5) is 23.3. The highest BCUT2D eigenvalue weighted by atomic mass is 16.4. The van der Waals surface area contributed by atoms with Crippen molar-refractivity contribution in [1.82, 2.24) is 15.1 Å². The zero-order valence-corrected chi connectivity index (χ0v) is 14.4. The second kappa shape index (κ2) is 9.46. The van der Waals surface area contributed by atoms with Gasteiger partial charge in [-0.3, -0.25) is 10.00 Å². The van der Waals surface area contributed by atoms with Crippen LogP contribution < -0.4 is 10.6 Å². The Morgan fingerprint density at radius 3 is 2.60 bits per heavy atom. The molecular formula is C18H24N4O3. The number of nitrogens with zero attached hydrogens (tertiary/aromatic N) is 2. The molecule has 0 aliphatic heterocycles. The van der Waals surface area contributed by atoms with Crippen molar-refractivity contribution in [3.8, 4) is 0 Å². The molecule has 2 rings (SSSR count). The minimum absolute atomic E-state index is 0.0305. The average molecular weight is 344 g/mol. The highest BCUT2D eigenvalue weighted by molar-refractivity contribution is 5.98. The molecule has 1 aromatic carbocycles. The third kappa shape index (κ3) is 5.95. The first-order valence-corrected chi connectivity index (χ1v) is 8.49. The highest BCUT2D eigenvalue weighted by Crippen LogP contribution is 2.14. The van der Waals surface area contributed by atoms with E-state index in [1.807, 2.05) is 30.3 Å². The standard InChI is InChI=1S/C18H24N4O3/c1-2-3-4-8-11-19-18(25)20-16-15(17(23)24)13-22(21-16)12-14-9-6-5-7-10-14/h5-7,9-10,13H,2-4,8,11-12H2,1H3,(H,23,24)(H2,19,20,21,25). The van der Waals surface area contributed by atoms with Crippen LogP contribution in [0.1, 0.15) is 48.5 Å². The van der Waals surface area contributed by atoms with E-state index in [-0.39, 0.29) is 11.4 Å². The molecule has 0 aliphatic rings. The van der Waals surface area contributed by atoms with Gasteiger partial charge in [-0.1, -0.05) is 56.5 Å². The number of rotatable bonds is 9. The van der Waals surface area contributed by atoms with Crippen molar-refractivity contribution in [2.24, 2.45) is 0 Å². The fraction of sp³-hybridized carbons (Fsp3) is 0.389. The molecule has 0 saturated heterocycles. The zero-order chi connectivity index (χ0) is 18.1. The average Bonchev–Trinajstić information content (AvgIpc) is 2.98. The van der Waals surface area contributed by atoms with Crippen molar-refractivity contribution < 1.29 is 14.7 Å². The third-order valence-electron chi connectivity index (χ3n) is 3.73. The first-order valence-electron chi connectivity index (χ1n) is 8.49. The quantitative estimate of drug-likeness (QED) is 0.608. The third-order valence-corrected chi connectivity index (χ3v) is 3.73. The normalized spacial score (nSPS) is 10.4. The molecule has 0 saturated carbocycles. The highest BCUT2D eigenvalue weighted by Gasteiger charge is 2.17. The van der Waals surface area contributed by atoms with Gasteiger partial charge in [0, 0.05) is 12.7 Å². The molecule has 25 heavy (non-hydrogen) atoms. The fourth-order valence-corrected chi connectivity index (χ4v) is 2.43. The van der Waals surface area contributed by atoms with Crippen LogP contribution in [0.3, 0.4) is 0 Å². The van der Waals surface area contributed by atoms with E-state index in [0.717, 1.165) is 31.2 Å². The Morgan fingerprint density at radius 2 is 1.92 bits per heavy atom. The molecule has 0 atom stereocenters. The molecule has 0 spiro atoms. The number of hydrogen-bond donors (Lipinski definition) is 3. The smallest absolute Gasteiger partial charge is 0.341 e. The van der Waals surface area contributed by atoms with Crippen molar-refractivity contribution in [1.29, 1.82) is 0 Å². The van der Waals surface area contributed by atoms with Gasteiger partial charge in [0.25, 0.3) is 0 Å². The maximum absolute atomic E-state index is 11.9. The number of carboxylic acids is 1. The number of amides is 2. The second-order valence-electron chi connectivity index (χ2n) is 5.82. The Kier molecular flexibility index (Phi) is 7.00. The van der Waals surface area contributed by atoms with Gasteiger partial charge in [0.15, 0.2) is 5.82 Å². The van der Waals surface area contributed by atoms with E-state index in [9.17, 15) is 14.7 Å². The van der Waals surface area contributed by atoms with Gasteiger partial charge < -0.3 is 10.4 Å². The summed E-state index contributed by atoms with van der Waals surface area (Å²) in [5.74, 6) is -1.08. The SMILES string of the molecule is CCCCCCNC(=O)Nc1nn(Cc2ccccc2)cc1C(=O)O. The summed E-state index contributed by atoms with van der Waals surface area (Å²) in [6.07, 6.45) is 5.65. The van der Waals surface area contributed by atoms with E-state index in [1.54, 1.807) is 0 Å². The van der Waals surface area contributed by atoms with Gasteiger partial charge >= 0.3 is 12.0 Å². The van der Waals surface area contributed by atoms with Crippen molar-refractivity contribution >= 4 is 17.8 Å². The molecule has 0 fully saturated rings. The molecule has 2 amide bonds. The summed E-state index contributed by atoms with van der Waals surface area (Å²) in [5.41, 5.74) is 0.964. The minimum atomic E-state index is -1.13. The number of aromatic nitrogens is 2. The Balaban J connectivity index is 1.96. The Labute approximate surface area is 147 Å². The molecule has 0 bridgehead atoms. The van der Waals surface area contributed by atoms with E-state index in [1.165, 1.54) is 10.9 Å². The van der Waals surface area contributed by atoms with Crippen LogP contribution in [0.25, 0.3) is 0 Å². The maximum Gasteiger partial charge on any atom is 0.341 e. The number of carbonyl (C=O) groups is 2. The zero-order valence-electron chi connectivity index (χ0n) is 14.4. The summed E-state index contributed by atoms with van der Waals surface area (Å²) in [5, 5.41) is 18.7. The predicted molar refractivity (Wildman–Crippen MR) is 95.9 cm³/mol. The molecular weight excluding hydrogens is 320 g/mol. The summed E-state index contributed by atoms with van der Waals surface area (Å²) in [7, 11) is 0. The van der Waals surface area contributed by atoms with E-state index < -0.39 is 12.0 Å². The van der Waals surface area contributed by atoms with Crippen LogP contribution >= 0.6 is 0 Å².